The Morgan fingerprint density at radius 1 is 1.17 bits per heavy atom. The van der Waals surface area contributed by atoms with Crippen molar-refractivity contribution in [1.29, 1.82) is 0 Å². The maximum atomic E-state index is 11.6. The molecule has 100 valence electrons. The normalized spacial score (nSPS) is 12.1. The van der Waals surface area contributed by atoms with Crippen LogP contribution in [0.25, 0.3) is 0 Å². The van der Waals surface area contributed by atoms with Crippen molar-refractivity contribution in [1.82, 2.24) is 5.32 Å². The lowest BCUT2D eigenvalue weighted by Crippen LogP contribution is -2.38. The maximum Gasteiger partial charge on any atom is 0.220 e. The zero-order chi connectivity index (χ0) is 13.2. The zero-order valence-electron chi connectivity index (χ0n) is 10.5. The van der Waals surface area contributed by atoms with Crippen molar-refractivity contribution in [2.75, 3.05) is 13.2 Å². The monoisotopic (exact) mass is 251 g/mol. The molecule has 0 saturated carbocycles. The van der Waals surface area contributed by atoms with E-state index in [0.717, 1.165) is 5.56 Å². The molecule has 0 saturated heterocycles. The summed E-state index contributed by atoms with van der Waals surface area (Å²) in [6.45, 7) is 0.0430. The summed E-state index contributed by atoms with van der Waals surface area (Å²) in [5, 5.41) is 20.7. The van der Waals surface area contributed by atoms with E-state index in [2.05, 4.69) is 5.32 Å². The minimum atomic E-state index is -0.242. The number of carbonyl (C=O) groups excluding carboxylic acids is 1. The fourth-order valence-corrected chi connectivity index (χ4v) is 1.76. The first-order chi connectivity index (χ1) is 8.76. The highest BCUT2D eigenvalue weighted by Gasteiger charge is 2.11. The Hall–Kier alpha value is -1.39. The van der Waals surface area contributed by atoms with Gasteiger partial charge in [0.2, 0.25) is 5.91 Å². The molecule has 0 spiro atoms. The van der Waals surface area contributed by atoms with E-state index < -0.39 is 0 Å². The van der Waals surface area contributed by atoms with Crippen molar-refractivity contribution >= 4 is 5.91 Å². The number of amides is 1. The third kappa shape index (κ3) is 5.80. The van der Waals surface area contributed by atoms with Gasteiger partial charge in [0.1, 0.15) is 0 Å². The first-order valence-corrected chi connectivity index (χ1v) is 6.31. The van der Waals surface area contributed by atoms with Crippen molar-refractivity contribution in [2.45, 2.75) is 31.7 Å². The van der Waals surface area contributed by atoms with E-state index in [0.29, 0.717) is 25.7 Å². The van der Waals surface area contributed by atoms with Crippen LogP contribution in [0.3, 0.4) is 0 Å². The van der Waals surface area contributed by atoms with Gasteiger partial charge in [0, 0.05) is 13.0 Å². The molecule has 1 rings (SSSR count). The van der Waals surface area contributed by atoms with Crippen molar-refractivity contribution < 1.29 is 15.0 Å². The molecule has 0 aliphatic heterocycles. The number of rotatable bonds is 8. The molecule has 4 nitrogen and oxygen atoms in total. The predicted molar refractivity (Wildman–Crippen MR) is 70.1 cm³/mol. The molecule has 18 heavy (non-hydrogen) atoms. The standard InChI is InChI=1S/C14H21NO3/c16-9-5-4-8-14(18)15-13(11-17)10-12-6-2-1-3-7-12/h1-3,6-7,13,16-17H,4-5,8-11H2,(H,15,18)/t13-/m1/s1. The van der Waals surface area contributed by atoms with Gasteiger partial charge in [-0.2, -0.15) is 0 Å². The van der Waals surface area contributed by atoms with Gasteiger partial charge in [-0.3, -0.25) is 4.79 Å². The minimum Gasteiger partial charge on any atom is -0.396 e. The highest BCUT2D eigenvalue weighted by molar-refractivity contribution is 5.76. The molecule has 0 radical (unpaired) electrons. The van der Waals surface area contributed by atoms with Gasteiger partial charge >= 0.3 is 0 Å². The van der Waals surface area contributed by atoms with Gasteiger partial charge in [-0.25, -0.2) is 0 Å². The van der Waals surface area contributed by atoms with Crippen LogP contribution in [-0.2, 0) is 11.2 Å². The van der Waals surface area contributed by atoms with Gasteiger partial charge < -0.3 is 15.5 Å². The maximum absolute atomic E-state index is 11.6. The summed E-state index contributed by atoms with van der Waals surface area (Å²) < 4.78 is 0. The second-order valence-electron chi connectivity index (χ2n) is 4.32. The fraction of sp³-hybridized carbons (Fsp3) is 0.500. The molecule has 3 N–H and O–H groups in total. The molecule has 1 amide bonds. The smallest absolute Gasteiger partial charge is 0.220 e. The molecular formula is C14H21NO3. The molecule has 1 atom stereocenters. The highest BCUT2D eigenvalue weighted by atomic mass is 16.3. The van der Waals surface area contributed by atoms with Crippen molar-refractivity contribution in [3.63, 3.8) is 0 Å². The van der Waals surface area contributed by atoms with Gasteiger partial charge in [0.05, 0.1) is 12.6 Å². The van der Waals surface area contributed by atoms with Crippen molar-refractivity contribution in [3.8, 4) is 0 Å². The summed E-state index contributed by atoms with van der Waals surface area (Å²) >= 11 is 0. The molecular weight excluding hydrogens is 230 g/mol. The minimum absolute atomic E-state index is 0.0688. The number of benzene rings is 1. The van der Waals surface area contributed by atoms with E-state index in [1.165, 1.54) is 0 Å². The van der Waals surface area contributed by atoms with Gasteiger partial charge in [-0.05, 0) is 24.8 Å². The third-order valence-electron chi connectivity index (χ3n) is 2.72. The lowest BCUT2D eigenvalue weighted by Gasteiger charge is -2.16. The van der Waals surface area contributed by atoms with Crippen LogP contribution in [0.1, 0.15) is 24.8 Å². The lowest BCUT2D eigenvalue weighted by molar-refractivity contribution is -0.122. The van der Waals surface area contributed by atoms with Crippen LogP contribution in [0, 0.1) is 0 Å². The quantitative estimate of drug-likeness (QED) is 0.600. The van der Waals surface area contributed by atoms with E-state index in [4.69, 9.17) is 5.11 Å². The molecule has 0 heterocycles. The first-order valence-electron chi connectivity index (χ1n) is 6.31. The average Bonchev–Trinajstić information content (AvgIpc) is 2.39. The number of unbranched alkanes of at least 4 members (excludes halogenated alkanes) is 1. The molecule has 0 aromatic heterocycles. The molecule has 1 aromatic carbocycles. The number of aliphatic hydroxyl groups excluding tert-OH is 2. The third-order valence-corrected chi connectivity index (χ3v) is 2.72. The van der Waals surface area contributed by atoms with Crippen LogP contribution >= 0.6 is 0 Å². The second kappa shape index (κ2) is 8.66. The van der Waals surface area contributed by atoms with Gasteiger partial charge in [-0.15, -0.1) is 0 Å². The summed E-state index contributed by atoms with van der Waals surface area (Å²) in [5.74, 6) is -0.0709. The Labute approximate surface area is 108 Å². The van der Waals surface area contributed by atoms with E-state index in [1.807, 2.05) is 30.3 Å². The predicted octanol–water partition coefficient (Wildman–Crippen LogP) is 0.869. The van der Waals surface area contributed by atoms with Crippen LogP contribution < -0.4 is 5.32 Å². The van der Waals surface area contributed by atoms with Crippen LogP contribution in [-0.4, -0.2) is 35.4 Å². The molecule has 4 heteroatoms. The lowest BCUT2D eigenvalue weighted by atomic mass is 10.1. The SMILES string of the molecule is O=C(CCCCO)N[C@@H](CO)Cc1ccccc1. The number of hydrogen-bond acceptors (Lipinski definition) is 3. The summed E-state index contributed by atoms with van der Waals surface area (Å²) in [5.41, 5.74) is 1.09. The summed E-state index contributed by atoms with van der Waals surface area (Å²) in [4.78, 5) is 11.6. The van der Waals surface area contributed by atoms with Gasteiger partial charge in [0.25, 0.3) is 0 Å². The molecule has 0 fully saturated rings. The van der Waals surface area contributed by atoms with E-state index in [1.54, 1.807) is 0 Å². The fourth-order valence-electron chi connectivity index (χ4n) is 1.76. The largest absolute Gasteiger partial charge is 0.396 e. The first kappa shape index (κ1) is 14.7. The summed E-state index contributed by atoms with van der Waals surface area (Å²) in [6.07, 6.45) is 2.33. The topological polar surface area (TPSA) is 69.6 Å². The highest BCUT2D eigenvalue weighted by Crippen LogP contribution is 2.03. The molecule has 0 unspecified atom stereocenters. The number of nitrogens with one attached hydrogen (secondary N) is 1. The Morgan fingerprint density at radius 2 is 1.89 bits per heavy atom. The van der Waals surface area contributed by atoms with Crippen molar-refractivity contribution in [2.24, 2.45) is 0 Å². The van der Waals surface area contributed by atoms with Crippen LogP contribution in [0.4, 0.5) is 0 Å². The summed E-state index contributed by atoms with van der Waals surface area (Å²) in [6, 6.07) is 9.51. The zero-order valence-corrected chi connectivity index (χ0v) is 10.5. The number of aliphatic hydroxyl groups is 2. The van der Waals surface area contributed by atoms with Crippen LogP contribution in [0.2, 0.25) is 0 Å². The van der Waals surface area contributed by atoms with E-state index >= 15 is 0 Å². The Morgan fingerprint density at radius 3 is 2.50 bits per heavy atom. The van der Waals surface area contributed by atoms with Crippen LogP contribution in [0.15, 0.2) is 30.3 Å². The number of hydrogen-bond donors (Lipinski definition) is 3. The Balaban J connectivity index is 2.35. The van der Waals surface area contributed by atoms with Crippen LogP contribution in [0.5, 0.6) is 0 Å². The Kier molecular flexibility index (Phi) is 7.06. The molecule has 0 bridgehead atoms. The molecule has 1 aromatic rings. The van der Waals surface area contributed by atoms with Gasteiger partial charge in [0.15, 0.2) is 0 Å². The average molecular weight is 251 g/mol. The molecule has 0 aliphatic rings. The Bertz CT molecular complexity index is 340. The van der Waals surface area contributed by atoms with Crippen molar-refractivity contribution in [3.05, 3.63) is 35.9 Å². The number of carbonyl (C=O) groups is 1. The summed E-state index contributed by atoms with van der Waals surface area (Å²) in [7, 11) is 0. The molecule has 0 aliphatic carbocycles. The second-order valence-corrected chi connectivity index (χ2v) is 4.32. The van der Waals surface area contributed by atoms with E-state index in [9.17, 15) is 9.90 Å². The van der Waals surface area contributed by atoms with E-state index in [-0.39, 0.29) is 25.2 Å². The van der Waals surface area contributed by atoms with Gasteiger partial charge in [-0.1, -0.05) is 30.3 Å².